The Hall–Kier alpha value is -1.36. The monoisotopic (exact) mass is 234 g/mol. The number of rotatable bonds is 2. The van der Waals surface area contributed by atoms with Gasteiger partial charge in [0.25, 0.3) is 0 Å². The zero-order valence-corrected chi connectivity index (χ0v) is 9.85. The van der Waals surface area contributed by atoms with E-state index in [2.05, 4.69) is 15.5 Å². The van der Waals surface area contributed by atoms with Gasteiger partial charge in [-0.3, -0.25) is 9.89 Å². The van der Waals surface area contributed by atoms with Crippen molar-refractivity contribution in [2.45, 2.75) is 37.8 Å². The summed E-state index contributed by atoms with van der Waals surface area (Å²) < 4.78 is 0. The summed E-state index contributed by atoms with van der Waals surface area (Å²) in [6.45, 7) is 1.75. The maximum Gasteiger partial charge on any atom is 0.228 e. The van der Waals surface area contributed by atoms with Gasteiger partial charge in [0.15, 0.2) is 0 Å². The number of amides is 1. The second kappa shape index (κ2) is 4.49. The first-order chi connectivity index (χ1) is 8.31. The van der Waals surface area contributed by atoms with Gasteiger partial charge in [-0.2, -0.15) is 5.10 Å². The van der Waals surface area contributed by atoms with Gasteiger partial charge in [-0.1, -0.05) is 0 Å². The van der Waals surface area contributed by atoms with Crippen molar-refractivity contribution in [2.75, 3.05) is 13.1 Å². The fraction of sp³-hybridized carbons (Fsp3) is 0.667. The average Bonchev–Trinajstić information content (AvgIpc) is 2.88. The minimum absolute atomic E-state index is 0.212. The van der Waals surface area contributed by atoms with Crippen molar-refractivity contribution in [2.24, 2.45) is 0 Å². The fourth-order valence-electron chi connectivity index (χ4n) is 2.83. The van der Waals surface area contributed by atoms with Gasteiger partial charge in [-0.05, 0) is 25.3 Å². The SMILES string of the molecule is O=C(Cc1ccn[nH]1)N1CCC2CCC(C1)N2. The second-order valence-electron chi connectivity index (χ2n) is 5.02. The summed E-state index contributed by atoms with van der Waals surface area (Å²) in [6, 6.07) is 3.00. The first-order valence-corrected chi connectivity index (χ1v) is 6.33. The molecule has 2 fully saturated rings. The first kappa shape index (κ1) is 10.8. The summed E-state index contributed by atoms with van der Waals surface area (Å²) in [6.07, 6.45) is 5.70. The number of carbonyl (C=O) groups is 1. The number of aromatic nitrogens is 2. The topological polar surface area (TPSA) is 61.0 Å². The maximum atomic E-state index is 12.1. The van der Waals surface area contributed by atoms with E-state index in [4.69, 9.17) is 0 Å². The number of fused-ring (bicyclic) bond motifs is 2. The normalized spacial score (nSPS) is 28.1. The van der Waals surface area contributed by atoms with Gasteiger partial charge in [-0.25, -0.2) is 0 Å². The fourth-order valence-corrected chi connectivity index (χ4v) is 2.83. The molecule has 2 bridgehead atoms. The standard InChI is InChI=1S/C12H18N4O/c17-12(7-10-3-5-13-15-10)16-6-4-9-1-2-11(8-16)14-9/h3,5,9,11,14H,1-2,4,6-8H2,(H,13,15). The summed E-state index contributed by atoms with van der Waals surface area (Å²) in [5.41, 5.74) is 0.900. The summed E-state index contributed by atoms with van der Waals surface area (Å²) in [7, 11) is 0. The molecule has 2 unspecified atom stereocenters. The maximum absolute atomic E-state index is 12.1. The van der Waals surface area contributed by atoms with Crippen LogP contribution in [0.15, 0.2) is 12.3 Å². The summed E-state index contributed by atoms with van der Waals surface area (Å²) >= 11 is 0. The number of hydrogen-bond donors (Lipinski definition) is 2. The molecule has 92 valence electrons. The number of nitrogens with zero attached hydrogens (tertiary/aromatic N) is 2. The van der Waals surface area contributed by atoms with E-state index in [1.54, 1.807) is 6.20 Å². The highest BCUT2D eigenvalue weighted by molar-refractivity contribution is 5.78. The highest BCUT2D eigenvalue weighted by Crippen LogP contribution is 2.20. The minimum atomic E-state index is 0.212. The van der Waals surface area contributed by atoms with Crippen LogP contribution in [0.5, 0.6) is 0 Å². The Morgan fingerprint density at radius 3 is 3.12 bits per heavy atom. The van der Waals surface area contributed by atoms with E-state index in [1.165, 1.54) is 12.8 Å². The van der Waals surface area contributed by atoms with Crippen molar-refractivity contribution < 1.29 is 4.79 Å². The van der Waals surface area contributed by atoms with Gasteiger partial charge in [-0.15, -0.1) is 0 Å². The molecular formula is C12H18N4O. The largest absolute Gasteiger partial charge is 0.341 e. The van der Waals surface area contributed by atoms with Crippen molar-refractivity contribution in [1.29, 1.82) is 0 Å². The van der Waals surface area contributed by atoms with Crippen LogP contribution >= 0.6 is 0 Å². The van der Waals surface area contributed by atoms with Crippen LogP contribution in [0.25, 0.3) is 0 Å². The van der Waals surface area contributed by atoms with Crippen molar-refractivity contribution >= 4 is 5.91 Å². The molecule has 0 aromatic carbocycles. The van der Waals surface area contributed by atoms with Crippen LogP contribution in [0.4, 0.5) is 0 Å². The molecule has 2 N–H and O–H groups in total. The second-order valence-corrected chi connectivity index (χ2v) is 5.02. The number of carbonyl (C=O) groups excluding carboxylic acids is 1. The lowest BCUT2D eigenvalue weighted by Crippen LogP contribution is -2.39. The Kier molecular flexibility index (Phi) is 2.84. The highest BCUT2D eigenvalue weighted by Gasteiger charge is 2.30. The molecule has 3 heterocycles. The van der Waals surface area contributed by atoms with E-state index in [1.807, 2.05) is 11.0 Å². The molecule has 0 spiro atoms. The zero-order valence-electron chi connectivity index (χ0n) is 9.85. The van der Waals surface area contributed by atoms with Gasteiger partial charge in [0.05, 0.1) is 6.42 Å². The molecule has 1 amide bonds. The van der Waals surface area contributed by atoms with Crippen LogP contribution < -0.4 is 5.32 Å². The van der Waals surface area contributed by atoms with E-state index in [-0.39, 0.29) is 5.91 Å². The molecule has 2 aliphatic heterocycles. The molecule has 1 aromatic rings. The quantitative estimate of drug-likeness (QED) is 0.774. The van der Waals surface area contributed by atoms with E-state index in [9.17, 15) is 4.79 Å². The van der Waals surface area contributed by atoms with Crippen molar-refractivity contribution in [3.8, 4) is 0 Å². The first-order valence-electron chi connectivity index (χ1n) is 6.33. The van der Waals surface area contributed by atoms with Gasteiger partial charge < -0.3 is 10.2 Å². The predicted molar refractivity (Wildman–Crippen MR) is 63.4 cm³/mol. The molecular weight excluding hydrogens is 216 g/mol. The summed E-state index contributed by atoms with van der Waals surface area (Å²) in [4.78, 5) is 14.1. The Bertz CT molecular complexity index is 389. The van der Waals surface area contributed by atoms with Gasteiger partial charge in [0, 0.05) is 37.1 Å². The zero-order chi connectivity index (χ0) is 11.7. The van der Waals surface area contributed by atoms with Crippen molar-refractivity contribution in [1.82, 2.24) is 20.4 Å². The van der Waals surface area contributed by atoms with Crippen LogP contribution in [0, 0.1) is 0 Å². The Balaban J connectivity index is 1.62. The number of hydrogen-bond acceptors (Lipinski definition) is 3. The highest BCUT2D eigenvalue weighted by atomic mass is 16.2. The number of nitrogens with one attached hydrogen (secondary N) is 2. The number of likely N-dealkylation sites (tertiary alicyclic amines) is 1. The molecule has 1 aromatic heterocycles. The van der Waals surface area contributed by atoms with Gasteiger partial charge >= 0.3 is 0 Å². The third kappa shape index (κ3) is 2.34. The molecule has 5 heteroatoms. The molecule has 5 nitrogen and oxygen atoms in total. The average molecular weight is 234 g/mol. The van der Waals surface area contributed by atoms with Gasteiger partial charge in [0.2, 0.25) is 5.91 Å². The molecule has 2 saturated heterocycles. The van der Waals surface area contributed by atoms with Crippen LogP contribution in [0.1, 0.15) is 25.0 Å². The molecule has 2 atom stereocenters. The van der Waals surface area contributed by atoms with Crippen molar-refractivity contribution in [3.63, 3.8) is 0 Å². The lowest BCUT2D eigenvalue weighted by Gasteiger charge is -2.24. The molecule has 2 aliphatic rings. The number of aromatic amines is 1. The molecule has 17 heavy (non-hydrogen) atoms. The van der Waals surface area contributed by atoms with Gasteiger partial charge in [0.1, 0.15) is 0 Å². The van der Waals surface area contributed by atoms with Crippen LogP contribution in [0.2, 0.25) is 0 Å². The van der Waals surface area contributed by atoms with Crippen LogP contribution in [-0.4, -0.2) is 46.2 Å². The predicted octanol–water partition coefficient (Wildman–Crippen LogP) is 0.305. The third-order valence-electron chi connectivity index (χ3n) is 3.78. The van der Waals surface area contributed by atoms with Crippen molar-refractivity contribution in [3.05, 3.63) is 18.0 Å². The Labute approximate surface area is 101 Å². The van der Waals surface area contributed by atoms with E-state index in [0.29, 0.717) is 18.5 Å². The van der Waals surface area contributed by atoms with E-state index < -0.39 is 0 Å². The third-order valence-corrected chi connectivity index (χ3v) is 3.78. The summed E-state index contributed by atoms with van der Waals surface area (Å²) in [5, 5.41) is 10.3. The minimum Gasteiger partial charge on any atom is -0.341 e. The molecule has 0 saturated carbocycles. The van der Waals surface area contributed by atoms with Crippen LogP contribution in [0.3, 0.4) is 0 Å². The van der Waals surface area contributed by atoms with Crippen LogP contribution in [-0.2, 0) is 11.2 Å². The molecule has 0 aliphatic carbocycles. The van der Waals surface area contributed by atoms with E-state index >= 15 is 0 Å². The molecule has 3 rings (SSSR count). The number of H-pyrrole nitrogens is 1. The molecule has 0 radical (unpaired) electrons. The van der Waals surface area contributed by atoms with E-state index in [0.717, 1.165) is 25.2 Å². The lowest BCUT2D eigenvalue weighted by molar-refractivity contribution is -0.130. The Morgan fingerprint density at radius 2 is 2.29 bits per heavy atom. The Morgan fingerprint density at radius 1 is 1.41 bits per heavy atom. The lowest BCUT2D eigenvalue weighted by atomic mass is 10.1. The smallest absolute Gasteiger partial charge is 0.228 e. The summed E-state index contributed by atoms with van der Waals surface area (Å²) in [5.74, 6) is 0.212.